The molecule has 0 spiro atoms. The van der Waals surface area contributed by atoms with Crippen LogP contribution in [0.4, 0.5) is 0 Å². The van der Waals surface area contributed by atoms with E-state index in [-0.39, 0.29) is 29.7 Å². The first-order valence-electron chi connectivity index (χ1n) is 46.1. The van der Waals surface area contributed by atoms with Gasteiger partial charge in [0.05, 0.1) is 0 Å². The summed E-state index contributed by atoms with van der Waals surface area (Å²) in [7, 11) is 0. The van der Waals surface area contributed by atoms with Gasteiger partial charge in [-0.2, -0.15) is 0 Å². The van der Waals surface area contributed by atoms with E-state index in [1.165, 1.54) is 218 Å². The fourth-order valence-corrected chi connectivity index (χ4v) is 24.5. The van der Waals surface area contributed by atoms with Crippen molar-refractivity contribution in [1.29, 1.82) is 0 Å². The molecule has 103 heavy (non-hydrogen) atoms. The number of hydrogen-bond donors (Lipinski definition) is 0. The van der Waals surface area contributed by atoms with Crippen LogP contribution in [0.3, 0.4) is 0 Å². The van der Waals surface area contributed by atoms with Gasteiger partial charge in [0.15, 0.2) is 0 Å². The molecule has 0 radical (unpaired) electrons. The van der Waals surface area contributed by atoms with Crippen LogP contribution in [0.2, 0.25) is 0 Å². The van der Waals surface area contributed by atoms with Gasteiger partial charge in [-0.3, -0.25) is 0 Å². The molecule has 0 aromatic heterocycles. The molecular formula is C103H202. The molecule has 10 aliphatic carbocycles. The zero-order valence-electron chi connectivity index (χ0n) is 72.8. The van der Waals surface area contributed by atoms with Gasteiger partial charge >= 0.3 is 0 Å². The van der Waals surface area contributed by atoms with E-state index in [0.29, 0.717) is 43.3 Å². The maximum Gasteiger partial charge on any atom is -0.0354 e. The Kier molecular flexibility index (Phi) is 40.9. The highest BCUT2D eigenvalue weighted by Gasteiger charge is 2.40. The summed E-state index contributed by atoms with van der Waals surface area (Å²) in [6.45, 7) is 58.7. The minimum absolute atomic E-state index is 0. The van der Waals surface area contributed by atoms with Crippen molar-refractivity contribution in [3.63, 3.8) is 0 Å². The Labute approximate surface area is 655 Å². The maximum atomic E-state index is 2.46. The van der Waals surface area contributed by atoms with Gasteiger partial charge in [-0.1, -0.05) is 350 Å². The Morgan fingerprint density at radius 2 is 0.233 bits per heavy atom. The first-order chi connectivity index (χ1) is 46.1. The second-order valence-corrected chi connectivity index (χ2v) is 48.1. The van der Waals surface area contributed by atoms with E-state index in [1.807, 2.05) is 0 Å². The van der Waals surface area contributed by atoms with Crippen molar-refractivity contribution in [2.45, 2.75) is 498 Å². The molecule has 0 heteroatoms. The largest absolute Gasteiger partial charge is 0.0776 e. The average Bonchev–Trinajstić information content (AvgIpc) is 0.861. The van der Waals surface area contributed by atoms with Gasteiger partial charge in [-0.05, 0) is 309 Å². The fraction of sp³-hybridized carbons (Fsp3) is 1.00. The van der Waals surface area contributed by atoms with Crippen LogP contribution in [0, 0.1) is 162 Å². The molecule has 0 amide bonds. The van der Waals surface area contributed by atoms with Gasteiger partial charge in [0, 0.05) is 0 Å². The summed E-state index contributed by atoms with van der Waals surface area (Å²) in [6, 6.07) is 0. The molecule has 10 aliphatic rings. The summed E-state index contributed by atoms with van der Waals surface area (Å²) in [5, 5.41) is 0. The van der Waals surface area contributed by atoms with Gasteiger partial charge in [-0.25, -0.2) is 0 Å². The lowest BCUT2D eigenvalue weighted by molar-refractivity contribution is 0.0973. The Bertz CT molecular complexity index is 1990. The molecule has 0 aliphatic heterocycles. The summed E-state index contributed by atoms with van der Waals surface area (Å²) in [6.07, 6.45) is 71.6. The van der Waals surface area contributed by atoms with Crippen LogP contribution in [0.1, 0.15) is 498 Å². The monoisotopic (exact) mass is 1440 g/mol. The van der Waals surface area contributed by atoms with E-state index in [2.05, 4.69) is 166 Å². The van der Waals surface area contributed by atoms with E-state index < -0.39 is 0 Å². The molecule has 0 unspecified atom stereocenters. The predicted octanol–water partition coefficient (Wildman–Crippen LogP) is 35.7. The van der Waals surface area contributed by atoms with Gasteiger partial charge in [0.2, 0.25) is 0 Å². The van der Waals surface area contributed by atoms with Gasteiger partial charge in [0.25, 0.3) is 0 Å². The highest BCUT2D eigenvalue weighted by Crippen LogP contribution is 2.52. The first kappa shape index (κ1) is 97.2. The van der Waals surface area contributed by atoms with Crippen LogP contribution >= 0.6 is 0 Å². The minimum atomic E-state index is 0. The summed E-state index contributed by atoms with van der Waals surface area (Å²) in [5.41, 5.74) is 4.30. The van der Waals surface area contributed by atoms with Crippen molar-refractivity contribution in [3.05, 3.63) is 0 Å². The van der Waals surface area contributed by atoms with Gasteiger partial charge in [0.1, 0.15) is 0 Å². The Balaban J connectivity index is 0.000000355. The van der Waals surface area contributed by atoms with Crippen molar-refractivity contribution >= 4 is 0 Å². The normalized spacial score (nSPS) is 35.5. The quantitative estimate of drug-likeness (QED) is 0.172. The lowest BCUT2D eigenvalue weighted by Gasteiger charge is -2.41. The van der Waals surface area contributed by atoms with Crippen LogP contribution in [0.5, 0.6) is 0 Å². The third-order valence-electron chi connectivity index (χ3n) is 33.0. The zero-order valence-corrected chi connectivity index (χ0v) is 72.8. The van der Waals surface area contributed by atoms with E-state index >= 15 is 0 Å². The smallest absolute Gasteiger partial charge is 0.0354 e. The highest BCUT2D eigenvalue weighted by atomic mass is 14.5. The van der Waals surface area contributed by atoms with E-state index in [4.69, 9.17) is 0 Å². The maximum absolute atomic E-state index is 2.46. The minimum Gasteiger partial charge on any atom is -0.0776 e. The van der Waals surface area contributed by atoms with Crippen molar-refractivity contribution in [2.75, 3.05) is 0 Å². The Morgan fingerprint density at radius 1 is 0.136 bits per heavy atom. The van der Waals surface area contributed by atoms with Crippen LogP contribution in [0.25, 0.3) is 0 Å². The molecule has 10 fully saturated rings. The third kappa shape index (κ3) is 33.7. The van der Waals surface area contributed by atoms with Crippen LogP contribution < -0.4 is 0 Å². The number of hydrogen-bond acceptors (Lipinski definition) is 0. The summed E-state index contributed by atoms with van der Waals surface area (Å²) >= 11 is 0. The van der Waals surface area contributed by atoms with Crippen LogP contribution in [0.15, 0.2) is 0 Å². The topological polar surface area (TPSA) is 0 Å². The SMILES string of the molecule is C.C.C.C.CC(C)(C)C1CCC(CC2CCC(C(C)(C)C)CC2)CC1.CC(C)(C)C1CCC(CC2CCC(CC3CCC(C(C)(C)C)CC3)CC2)CC1.CC(C)(C)C1CCC(CCC2CCC(C(C)(C)C)CC2)CC1.CC(C)(C)C1CCC(CCC2CCC(C3CCC(C(C)(C)C)CC3)CC2)CC1. The van der Waals surface area contributed by atoms with Crippen molar-refractivity contribution in [1.82, 2.24) is 0 Å². The second-order valence-electron chi connectivity index (χ2n) is 48.1. The molecule has 0 bridgehead atoms. The molecule has 0 atom stereocenters. The van der Waals surface area contributed by atoms with Gasteiger partial charge < -0.3 is 0 Å². The molecular weight excluding hydrogens is 1240 g/mol. The van der Waals surface area contributed by atoms with E-state index in [1.54, 1.807) is 83.5 Å². The average molecular weight is 1440 g/mol. The summed E-state index contributed by atoms with van der Waals surface area (Å²) in [5.74, 6) is 20.6. The lowest BCUT2D eigenvalue weighted by atomic mass is 9.64. The fourth-order valence-electron chi connectivity index (χ4n) is 24.5. The molecule has 0 aromatic rings. The summed E-state index contributed by atoms with van der Waals surface area (Å²) < 4.78 is 0. The Hall–Kier alpha value is 0. The highest BCUT2D eigenvalue weighted by molar-refractivity contribution is 4.91. The molecule has 0 saturated heterocycles. The zero-order chi connectivity index (χ0) is 72.8. The van der Waals surface area contributed by atoms with Crippen LogP contribution in [-0.2, 0) is 0 Å². The molecule has 0 nitrogen and oxygen atoms in total. The molecule has 0 aromatic carbocycles. The van der Waals surface area contributed by atoms with E-state index in [9.17, 15) is 0 Å². The Morgan fingerprint density at radius 3 is 0.369 bits per heavy atom. The molecule has 10 saturated carbocycles. The standard InChI is InChI=1S/2C28H52.C22H42.C21H40.4CH4/c1-27(2,3)25-15-11-23(12-16-25)19-21-7-9-22(10-8-21)20-24-13-17-26(18-14-24)28(4,5)6;1-27(2,3)25-17-11-22(12-18-25)8-7-21-9-13-23(14-10-21)24-15-19-26(20-16-24)28(4,5)6;1-21(2,3)19-13-9-17(10-14-19)7-8-18-11-15-20(16-12-18)22(4,5)6;1-20(2,3)18-11-7-16(8-12-18)15-17-9-13-19(14-10-17)21(4,5)6;;;;/h2*21-26H,7-20H2,1-6H3;17-20H,7-16H2,1-6H3;16-19H,7-15H2,1-6H3;4*1H4. The predicted molar refractivity (Wildman–Crippen MR) is 469 cm³/mol. The third-order valence-corrected chi connectivity index (χ3v) is 33.0. The van der Waals surface area contributed by atoms with Crippen molar-refractivity contribution in [3.8, 4) is 0 Å². The van der Waals surface area contributed by atoms with Crippen LogP contribution in [-0.4, -0.2) is 0 Å². The van der Waals surface area contributed by atoms with Crippen molar-refractivity contribution in [2.24, 2.45) is 162 Å². The van der Waals surface area contributed by atoms with Gasteiger partial charge in [-0.15, -0.1) is 0 Å². The molecule has 0 N–H and O–H groups in total. The van der Waals surface area contributed by atoms with Crippen molar-refractivity contribution < 1.29 is 0 Å². The lowest BCUT2D eigenvalue weighted by Crippen LogP contribution is -2.30. The molecule has 0 heterocycles. The summed E-state index contributed by atoms with van der Waals surface area (Å²) in [4.78, 5) is 0. The molecule has 10 rings (SSSR count). The molecule has 614 valence electrons. The first-order valence-corrected chi connectivity index (χ1v) is 46.1. The van der Waals surface area contributed by atoms with E-state index in [0.717, 1.165) is 118 Å². The number of rotatable bonds is 13. The second kappa shape index (κ2) is 43.3.